The number of anilines is 1. The molecule has 3 aromatic carbocycles. The lowest BCUT2D eigenvalue weighted by Crippen LogP contribution is -2.12. The van der Waals surface area contributed by atoms with Crippen LogP contribution < -0.4 is 10.1 Å². The first-order valence-electron chi connectivity index (χ1n) is 10.9. The average Bonchev–Trinajstić information content (AvgIpc) is 3.37. The van der Waals surface area contributed by atoms with Crippen LogP contribution in [-0.4, -0.2) is 26.1 Å². The summed E-state index contributed by atoms with van der Waals surface area (Å²) < 4.78 is 11.5. The van der Waals surface area contributed by atoms with Crippen molar-refractivity contribution in [1.82, 2.24) is 20.2 Å². The van der Waals surface area contributed by atoms with Crippen LogP contribution in [0.15, 0.2) is 89.6 Å². The second-order valence-electron chi connectivity index (χ2n) is 7.87. The molecule has 0 saturated carbocycles. The molecule has 0 aliphatic heterocycles. The molecule has 8 nitrogen and oxygen atoms in total. The fraction of sp³-hybridized carbons (Fsp3) is 0.0741. The number of hydrogen-bond acceptors (Lipinski definition) is 7. The van der Waals surface area contributed by atoms with Gasteiger partial charge in [-0.25, -0.2) is 9.97 Å². The fourth-order valence-electron chi connectivity index (χ4n) is 3.50. The van der Waals surface area contributed by atoms with E-state index in [-0.39, 0.29) is 11.9 Å². The summed E-state index contributed by atoms with van der Waals surface area (Å²) in [7, 11) is 0. The quantitative estimate of drug-likeness (QED) is 0.337. The highest BCUT2D eigenvalue weighted by atomic mass is 16.5. The SMILES string of the molecule is Cc1cc(Oc2ncccn2)ccc1NC(=O)c1ccc(-c2nnc(-c3ccccc3C)o2)cc1. The Kier molecular flexibility index (Phi) is 6.00. The minimum Gasteiger partial charge on any atom is -0.424 e. The van der Waals surface area contributed by atoms with Crippen molar-refractivity contribution in [2.75, 3.05) is 5.32 Å². The van der Waals surface area contributed by atoms with Crippen LogP contribution in [0, 0.1) is 13.8 Å². The number of amides is 1. The van der Waals surface area contributed by atoms with E-state index in [0.717, 1.165) is 22.3 Å². The van der Waals surface area contributed by atoms with E-state index in [9.17, 15) is 4.79 Å². The Hall–Kier alpha value is -4.85. The number of aromatic nitrogens is 4. The fourth-order valence-corrected chi connectivity index (χ4v) is 3.50. The van der Waals surface area contributed by atoms with Gasteiger partial charge in [-0.1, -0.05) is 18.2 Å². The summed E-state index contributed by atoms with van der Waals surface area (Å²) in [6, 6.07) is 22.2. The van der Waals surface area contributed by atoms with Crippen LogP contribution in [-0.2, 0) is 0 Å². The molecule has 0 fully saturated rings. The molecule has 2 aromatic heterocycles. The molecule has 0 atom stereocenters. The van der Waals surface area contributed by atoms with Gasteiger partial charge < -0.3 is 14.5 Å². The Morgan fingerprint density at radius 3 is 2.31 bits per heavy atom. The minimum atomic E-state index is -0.231. The highest BCUT2D eigenvalue weighted by Gasteiger charge is 2.14. The normalized spacial score (nSPS) is 10.7. The van der Waals surface area contributed by atoms with Crippen LogP contribution in [0.4, 0.5) is 5.69 Å². The van der Waals surface area contributed by atoms with Crippen LogP contribution in [0.3, 0.4) is 0 Å². The second kappa shape index (κ2) is 9.56. The van der Waals surface area contributed by atoms with Crippen molar-refractivity contribution in [1.29, 1.82) is 0 Å². The molecule has 0 spiro atoms. The maximum atomic E-state index is 12.8. The highest BCUT2D eigenvalue weighted by molar-refractivity contribution is 6.04. The monoisotopic (exact) mass is 463 g/mol. The maximum absolute atomic E-state index is 12.8. The Bertz CT molecular complexity index is 1480. The molecule has 0 aliphatic rings. The number of rotatable bonds is 6. The van der Waals surface area contributed by atoms with Crippen molar-refractivity contribution < 1.29 is 13.9 Å². The summed E-state index contributed by atoms with van der Waals surface area (Å²) in [5, 5.41) is 11.3. The summed E-state index contributed by atoms with van der Waals surface area (Å²) in [4.78, 5) is 20.9. The van der Waals surface area contributed by atoms with E-state index in [2.05, 4.69) is 25.5 Å². The van der Waals surface area contributed by atoms with Crippen molar-refractivity contribution >= 4 is 11.6 Å². The average molecular weight is 463 g/mol. The molecule has 1 N–H and O–H groups in total. The number of nitrogens with one attached hydrogen (secondary N) is 1. The highest BCUT2D eigenvalue weighted by Crippen LogP contribution is 2.27. The van der Waals surface area contributed by atoms with Crippen molar-refractivity contribution in [3.8, 4) is 34.7 Å². The first-order valence-corrected chi connectivity index (χ1v) is 10.9. The second-order valence-corrected chi connectivity index (χ2v) is 7.87. The van der Waals surface area contributed by atoms with E-state index >= 15 is 0 Å². The molecule has 2 heterocycles. The van der Waals surface area contributed by atoms with Gasteiger partial charge in [0.15, 0.2) is 0 Å². The first-order chi connectivity index (χ1) is 17.1. The largest absolute Gasteiger partial charge is 0.424 e. The molecule has 0 radical (unpaired) electrons. The van der Waals surface area contributed by atoms with E-state index in [1.165, 1.54) is 0 Å². The van der Waals surface area contributed by atoms with Crippen molar-refractivity contribution in [2.24, 2.45) is 0 Å². The van der Waals surface area contributed by atoms with E-state index in [1.807, 2.05) is 44.2 Å². The number of benzene rings is 3. The third kappa shape index (κ3) is 4.91. The van der Waals surface area contributed by atoms with Gasteiger partial charge in [0.05, 0.1) is 0 Å². The molecular formula is C27H21N5O3. The number of carbonyl (C=O) groups is 1. The zero-order valence-electron chi connectivity index (χ0n) is 19.1. The molecule has 0 aliphatic carbocycles. The standard InChI is InChI=1S/C27H21N5O3/c1-17-6-3-4-7-22(17)26-32-31-25(35-26)20-10-8-19(9-11-20)24(33)30-23-13-12-21(16-18(23)2)34-27-28-14-5-15-29-27/h3-16H,1-2H3,(H,30,33). The number of aryl methyl sites for hydroxylation is 2. The van der Waals surface area contributed by atoms with Crippen LogP contribution >= 0.6 is 0 Å². The zero-order chi connectivity index (χ0) is 24.2. The summed E-state index contributed by atoms with van der Waals surface area (Å²) >= 11 is 0. The van der Waals surface area contributed by atoms with Gasteiger partial charge in [-0.05, 0) is 79.6 Å². The van der Waals surface area contributed by atoms with Gasteiger partial charge >= 0.3 is 6.01 Å². The minimum absolute atomic E-state index is 0.231. The van der Waals surface area contributed by atoms with Crippen LogP contribution in [0.2, 0.25) is 0 Å². The molecule has 0 saturated heterocycles. The molecule has 0 unspecified atom stereocenters. The molecule has 172 valence electrons. The third-order valence-corrected chi connectivity index (χ3v) is 5.39. The Balaban J connectivity index is 1.27. The summed E-state index contributed by atoms with van der Waals surface area (Å²) in [5.74, 6) is 1.21. The predicted octanol–water partition coefficient (Wildman–Crippen LogP) is 5.86. The smallest absolute Gasteiger partial charge is 0.321 e. The molecular weight excluding hydrogens is 442 g/mol. The molecule has 1 amide bonds. The third-order valence-electron chi connectivity index (χ3n) is 5.39. The number of ether oxygens (including phenoxy) is 1. The lowest BCUT2D eigenvalue weighted by Gasteiger charge is -2.11. The van der Waals surface area contributed by atoms with Gasteiger partial charge in [-0.2, -0.15) is 0 Å². The first kappa shape index (κ1) is 22.0. The lowest BCUT2D eigenvalue weighted by atomic mass is 10.1. The Morgan fingerprint density at radius 2 is 1.57 bits per heavy atom. The lowest BCUT2D eigenvalue weighted by molar-refractivity contribution is 0.102. The van der Waals surface area contributed by atoms with E-state index in [1.54, 1.807) is 54.9 Å². The van der Waals surface area contributed by atoms with E-state index in [0.29, 0.717) is 28.8 Å². The van der Waals surface area contributed by atoms with Gasteiger partial charge in [0.1, 0.15) is 5.75 Å². The predicted molar refractivity (Wildman–Crippen MR) is 131 cm³/mol. The van der Waals surface area contributed by atoms with Crippen LogP contribution in [0.5, 0.6) is 11.8 Å². The van der Waals surface area contributed by atoms with Crippen molar-refractivity contribution in [2.45, 2.75) is 13.8 Å². The van der Waals surface area contributed by atoms with E-state index < -0.39 is 0 Å². The Labute approximate surface area is 201 Å². The van der Waals surface area contributed by atoms with Crippen molar-refractivity contribution in [3.05, 3.63) is 102 Å². The van der Waals surface area contributed by atoms with Gasteiger partial charge in [-0.3, -0.25) is 4.79 Å². The maximum Gasteiger partial charge on any atom is 0.321 e. The molecule has 8 heteroatoms. The summed E-state index contributed by atoms with van der Waals surface area (Å²) in [5.41, 5.74) is 4.71. The van der Waals surface area contributed by atoms with Gasteiger partial charge in [-0.15, -0.1) is 10.2 Å². The van der Waals surface area contributed by atoms with Crippen LogP contribution in [0.25, 0.3) is 22.9 Å². The molecule has 0 bridgehead atoms. The molecule has 35 heavy (non-hydrogen) atoms. The summed E-state index contributed by atoms with van der Waals surface area (Å²) in [6.45, 7) is 3.88. The Morgan fingerprint density at radius 1 is 0.829 bits per heavy atom. The number of nitrogens with zero attached hydrogens (tertiary/aromatic N) is 4. The molecule has 5 aromatic rings. The van der Waals surface area contributed by atoms with E-state index in [4.69, 9.17) is 9.15 Å². The number of carbonyl (C=O) groups excluding carboxylic acids is 1. The van der Waals surface area contributed by atoms with Gasteiger partial charge in [0.2, 0.25) is 11.8 Å². The topological polar surface area (TPSA) is 103 Å². The molecule has 5 rings (SSSR count). The van der Waals surface area contributed by atoms with Gasteiger partial charge in [0, 0.05) is 34.8 Å². The zero-order valence-corrected chi connectivity index (χ0v) is 19.1. The van der Waals surface area contributed by atoms with Crippen molar-refractivity contribution in [3.63, 3.8) is 0 Å². The number of hydrogen-bond donors (Lipinski definition) is 1. The summed E-state index contributed by atoms with van der Waals surface area (Å²) in [6.07, 6.45) is 3.22. The van der Waals surface area contributed by atoms with Gasteiger partial charge in [0.25, 0.3) is 5.91 Å². The van der Waals surface area contributed by atoms with Crippen LogP contribution in [0.1, 0.15) is 21.5 Å².